The smallest absolute Gasteiger partial charge is 0.340 e. The fourth-order valence-electron chi connectivity index (χ4n) is 2.76. The monoisotopic (exact) mass is 344 g/mol. The van der Waals surface area contributed by atoms with Gasteiger partial charge in [0.05, 0.1) is 25.2 Å². The van der Waals surface area contributed by atoms with Gasteiger partial charge in [-0.25, -0.2) is 4.79 Å². The van der Waals surface area contributed by atoms with Crippen LogP contribution in [-0.4, -0.2) is 25.2 Å². The Kier molecular flexibility index (Phi) is 5.65. The molecule has 0 aliphatic carbocycles. The van der Waals surface area contributed by atoms with Crippen molar-refractivity contribution in [3.8, 4) is 11.8 Å². The number of carbonyl (C=O) groups is 2. The van der Waals surface area contributed by atoms with Crippen LogP contribution in [0.15, 0.2) is 29.7 Å². The van der Waals surface area contributed by atoms with E-state index in [0.29, 0.717) is 11.3 Å². The maximum absolute atomic E-state index is 12.4. The molecule has 1 aliphatic heterocycles. The van der Waals surface area contributed by atoms with Crippen LogP contribution in [0, 0.1) is 24.2 Å². The number of benzene rings is 1. The SMILES string of the molecule is CCOC(=O)C1=C(N)Oc2ccc(C)cc2[C@@H]1[C@H](C#N)C(=O)OCC. The highest BCUT2D eigenvalue weighted by Gasteiger charge is 2.43. The summed E-state index contributed by atoms with van der Waals surface area (Å²) in [7, 11) is 0. The molecule has 0 amide bonds. The Labute approximate surface area is 146 Å². The van der Waals surface area contributed by atoms with Gasteiger partial charge in [0.2, 0.25) is 5.88 Å². The van der Waals surface area contributed by atoms with Gasteiger partial charge < -0.3 is 19.9 Å². The fraction of sp³-hybridized carbons (Fsp3) is 0.389. The van der Waals surface area contributed by atoms with Gasteiger partial charge >= 0.3 is 11.9 Å². The van der Waals surface area contributed by atoms with Crippen LogP contribution >= 0.6 is 0 Å². The van der Waals surface area contributed by atoms with Gasteiger partial charge in [-0.2, -0.15) is 5.26 Å². The normalized spacial score (nSPS) is 17.0. The summed E-state index contributed by atoms with van der Waals surface area (Å²) < 4.78 is 15.6. The molecule has 7 nitrogen and oxygen atoms in total. The van der Waals surface area contributed by atoms with E-state index in [1.807, 2.05) is 19.1 Å². The van der Waals surface area contributed by atoms with Crippen molar-refractivity contribution in [2.75, 3.05) is 13.2 Å². The molecule has 1 aliphatic rings. The lowest BCUT2D eigenvalue weighted by molar-refractivity contribution is -0.146. The Morgan fingerprint density at radius 1 is 1.32 bits per heavy atom. The predicted octanol–water partition coefficient (Wildman–Crippen LogP) is 1.91. The molecule has 0 unspecified atom stereocenters. The van der Waals surface area contributed by atoms with Crippen LogP contribution in [0.5, 0.6) is 5.75 Å². The van der Waals surface area contributed by atoms with Crippen molar-refractivity contribution in [2.45, 2.75) is 26.7 Å². The lowest BCUT2D eigenvalue weighted by atomic mass is 9.79. The summed E-state index contributed by atoms with van der Waals surface area (Å²) in [5.41, 5.74) is 7.28. The average Bonchev–Trinajstić information content (AvgIpc) is 2.56. The molecule has 0 saturated carbocycles. The van der Waals surface area contributed by atoms with E-state index in [-0.39, 0.29) is 24.7 Å². The molecule has 1 aromatic carbocycles. The van der Waals surface area contributed by atoms with Gasteiger partial charge in [-0.05, 0) is 26.8 Å². The minimum absolute atomic E-state index is 0.0421. The van der Waals surface area contributed by atoms with E-state index in [4.69, 9.17) is 19.9 Å². The standard InChI is InChI=1S/C18H20N2O5/c1-4-23-17(21)12(9-19)14-11-8-10(3)6-7-13(11)25-16(20)15(14)18(22)24-5-2/h6-8,12,14H,4-5,20H2,1-3H3/t12-,14+/m0/s1. The molecule has 0 bridgehead atoms. The number of nitrogens with two attached hydrogens (primary N) is 1. The number of rotatable bonds is 5. The van der Waals surface area contributed by atoms with Crippen LogP contribution in [0.4, 0.5) is 0 Å². The quantitative estimate of drug-likeness (QED) is 0.812. The summed E-state index contributed by atoms with van der Waals surface area (Å²) in [5.74, 6) is -3.40. The lowest BCUT2D eigenvalue weighted by Gasteiger charge is -2.30. The van der Waals surface area contributed by atoms with Crippen molar-refractivity contribution in [2.24, 2.45) is 11.7 Å². The Bertz CT molecular complexity index is 763. The van der Waals surface area contributed by atoms with Gasteiger partial charge in [-0.15, -0.1) is 0 Å². The van der Waals surface area contributed by atoms with E-state index in [9.17, 15) is 14.9 Å². The molecule has 0 saturated heterocycles. The number of nitriles is 1. The van der Waals surface area contributed by atoms with Crippen LogP contribution in [0.3, 0.4) is 0 Å². The molecule has 2 rings (SSSR count). The molecular formula is C18H20N2O5. The van der Waals surface area contributed by atoms with Gasteiger partial charge in [0.1, 0.15) is 11.3 Å². The average molecular weight is 344 g/mol. The van der Waals surface area contributed by atoms with Crippen molar-refractivity contribution in [3.05, 3.63) is 40.8 Å². The third-order valence-electron chi connectivity index (χ3n) is 3.81. The lowest BCUT2D eigenvalue weighted by Crippen LogP contribution is -2.34. The van der Waals surface area contributed by atoms with Crippen molar-refractivity contribution < 1.29 is 23.8 Å². The first kappa shape index (κ1) is 18.3. The molecule has 0 spiro atoms. The Morgan fingerprint density at radius 2 is 2.00 bits per heavy atom. The molecule has 1 heterocycles. The van der Waals surface area contributed by atoms with Crippen molar-refractivity contribution >= 4 is 11.9 Å². The topological polar surface area (TPSA) is 112 Å². The molecule has 0 fully saturated rings. The van der Waals surface area contributed by atoms with Crippen molar-refractivity contribution in [1.82, 2.24) is 0 Å². The minimum atomic E-state index is -1.25. The van der Waals surface area contributed by atoms with Crippen LogP contribution in [-0.2, 0) is 19.1 Å². The number of hydrogen-bond acceptors (Lipinski definition) is 7. The zero-order chi connectivity index (χ0) is 18.6. The molecule has 7 heteroatoms. The van der Waals surface area contributed by atoms with E-state index in [2.05, 4.69) is 0 Å². The largest absolute Gasteiger partial charge is 0.465 e. The molecule has 25 heavy (non-hydrogen) atoms. The minimum Gasteiger partial charge on any atom is -0.465 e. The number of fused-ring (bicyclic) bond motifs is 1. The highest BCUT2D eigenvalue weighted by molar-refractivity contribution is 5.93. The number of nitrogens with zero attached hydrogens (tertiary/aromatic N) is 1. The number of ether oxygens (including phenoxy) is 3. The van der Waals surface area contributed by atoms with E-state index in [1.54, 1.807) is 26.0 Å². The van der Waals surface area contributed by atoms with Gasteiger partial charge in [-0.1, -0.05) is 17.7 Å². The second kappa shape index (κ2) is 7.71. The highest BCUT2D eigenvalue weighted by atomic mass is 16.5. The number of carbonyl (C=O) groups excluding carboxylic acids is 2. The van der Waals surface area contributed by atoms with Gasteiger partial charge in [0, 0.05) is 5.56 Å². The third kappa shape index (κ3) is 3.58. The van der Waals surface area contributed by atoms with E-state index in [1.165, 1.54) is 0 Å². The summed E-state index contributed by atoms with van der Waals surface area (Å²) in [6, 6.07) is 7.19. The number of esters is 2. The molecule has 2 atom stereocenters. The zero-order valence-corrected chi connectivity index (χ0v) is 14.4. The Hall–Kier alpha value is -3.01. The first-order valence-corrected chi connectivity index (χ1v) is 7.95. The van der Waals surface area contributed by atoms with Crippen molar-refractivity contribution in [1.29, 1.82) is 5.26 Å². The van der Waals surface area contributed by atoms with Crippen LogP contribution in [0.2, 0.25) is 0 Å². The number of aryl methyl sites for hydroxylation is 1. The maximum Gasteiger partial charge on any atom is 0.340 e. The molecule has 0 aromatic heterocycles. The van der Waals surface area contributed by atoms with Crippen molar-refractivity contribution in [3.63, 3.8) is 0 Å². The summed E-state index contributed by atoms with van der Waals surface area (Å²) >= 11 is 0. The van der Waals surface area contributed by atoms with Gasteiger partial charge in [-0.3, -0.25) is 4.79 Å². The number of hydrogen-bond donors (Lipinski definition) is 1. The highest BCUT2D eigenvalue weighted by Crippen LogP contribution is 2.43. The van der Waals surface area contributed by atoms with E-state index < -0.39 is 23.8 Å². The van der Waals surface area contributed by atoms with E-state index >= 15 is 0 Å². The molecule has 0 radical (unpaired) electrons. The van der Waals surface area contributed by atoms with Gasteiger partial charge in [0.25, 0.3) is 0 Å². The predicted molar refractivity (Wildman–Crippen MR) is 88.1 cm³/mol. The Balaban J connectivity index is 2.63. The summed E-state index contributed by atoms with van der Waals surface area (Å²) in [5, 5.41) is 9.58. The molecule has 132 valence electrons. The zero-order valence-electron chi connectivity index (χ0n) is 14.4. The van der Waals surface area contributed by atoms with Crippen LogP contribution in [0.1, 0.15) is 30.9 Å². The molecule has 1 aromatic rings. The summed E-state index contributed by atoms with van der Waals surface area (Å²) in [6.07, 6.45) is 0. The van der Waals surface area contributed by atoms with E-state index in [0.717, 1.165) is 5.56 Å². The fourth-order valence-corrected chi connectivity index (χ4v) is 2.76. The maximum atomic E-state index is 12.4. The first-order chi connectivity index (χ1) is 11.9. The second-order valence-electron chi connectivity index (χ2n) is 5.48. The summed E-state index contributed by atoms with van der Waals surface area (Å²) in [4.78, 5) is 24.7. The van der Waals surface area contributed by atoms with Gasteiger partial charge in [0.15, 0.2) is 5.92 Å². The Morgan fingerprint density at radius 3 is 2.60 bits per heavy atom. The van der Waals surface area contributed by atoms with Crippen LogP contribution in [0.25, 0.3) is 0 Å². The molecular weight excluding hydrogens is 324 g/mol. The van der Waals surface area contributed by atoms with Crippen LogP contribution < -0.4 is 10.5 Å². The molecule has 2 N–H and O–H groups in total. The first-order valence-electron chi connectivity index (χ1n) is 7.95. The summed E-state index contributed by atoms with van der Waals surface area (Å²) in [6.45, 7) is 5.40. The second-order valence-corrected chi connectivity index (χ2v) is 5.48. The third-order valence-corrected chi connectivity index (χ3v) is 3.81.